The molecule has 0 aliphatic heterocycles. The molecule has 11 heavy (non-hydrogen) atoms. The van der Waals surface area contributed by atoms with Crippen LogP contribution >= 0.6 is 27.3 Å². The summed E-state index contributed by atoms with van der Waals surface area (Å²) in [7, 11) is 0. The molecule has 0 aliphatic rings. The zero-order valence-electron chi connectivity index (χ0n) is 6.51. The van der Waals surface area contributed by atoms with E-state index < -0.39 is 0 Å². The van der Waals surface area contributed by atoms with Crippen molar-refractivity contribution in [2.24, 2.45) is 0 Å². The smallest absolute Gasteiger partial charge is 0.0269 e. The number of rotatable bonds is 3. The molecule has 2 heteroatoms. The molecule has 1 aromatic heterocycles. The van der Waals surface area contributed by atoms with Gasteiger partial charge in [0.05, 0.1) is 0 Å². The van der Waals surface area contributed by atoms with Crippen molar-refractivity contribution in [2.75, 3.05) is 5.33 Å². The minimum atomic E-state index is 1.05. The van der Waals surface area contributed by atoms with Crippen LogP contribution in [0.1, 0.15) is 16.2 Å². The highest BCUT2D eigenvalue weighted by molar-refractivity contribution is 9.09. The van der Waals surface area contributed by atoms with E-state index in [1.807, 2.05) is 11.3 Å². The lowest BCUT2D eigenvalue weighted by molar-refractivity contribution is 1.27. The first kappa shape index (κ1) is 9.01. The molecule has 0 aliphatic carbocycles. The van der Waals surface area contributed by atoms with E-state index in [2.05, 4.69) is 47.1 Å². The van der Waals surface area contributed by atoms with Gasteiger partial charge in [0.2, 0.25) is 0 Å². The first-order valence-electron chi connectivity index (χ1n) is 3.62. The van der Waals surface area contributed by atoms with E-state index in [1.54, 1.807) is 0 Å². The molecule has 0 amide bonds. The molecule has 1 heterocycles. The zero-order chi connectivity index (χ0) is 8.10. The lowest BCUT2D eigenvalue weighted by Crippen LogP contribution is -1.64. The molecule has 0 N–H and O–H groups in total. The SMILES string of the molecule is Cc1ccc(/C=C/CCBr)s1. The van der Waals surface area contributed by atoms with Gasteiger partial charge in [-0.15, -0.1) is 11.3 Å². The molecular formula is C9H11BrS. The van der Waals surface area contributed by atoms with Crippen molar-refractivity contribution >= 4 is 33.3 Å². The van der Waals surface area contributed by atoms with Gasteiger partial charge in [-0.05, 0) is 31.6 Å². The summed E-state index contributed by atoms with van der Waals surface area (Å²) in [6.07, 6.45) is 5.48. The van der Waals surface area contributed by atoms with Crippen molar-refractivity contribution in [1.29, 1.82) is 0 Å². The minimum Gasteiger partial charge on any atom is -0.141 e. The molecule has 0 fully saturated rings. The van der Waals surface area contributed by atoms with E-state index in [4.69, 9.17) is 0 Å². The predicted octanol–water partition coefficient (Wildman–Crippen LogP) is 3.85. The Kier molecular flexibility index (Phi) is 3.87. The highest BCUT2D eigenvalue weighted by atomic mass is 79.9. The summed E-state index contributed by atoms with van der Waals surface area (Å²) in [6, 6.07) is 4.31. The number of hydrogen-bond donors (Lipinski definition) is 0. The molecule has 1 aromatic rings. The first-order valence-corrected chi connectivity index (χ1v) is 5.55. The summed E-state index contributed by atoms with van der Waals surface area (Å²) in [4.78, 5) is 2.73. The Hall–Kier alpha value is -0.0800. The van der Waals surface area contributed by atoms with Gasteiger partial charge in [0, 0.05) is 15.1 Å². The molecule has 0 spiro atoms. The standard InChI is InChI=1S/C9H11BrS/c1-8-5-6-9(11-8)4-2-3-7-10/h2,4-6H,3,7H2,1H3/b4-2+. The van der Waals surface area contributed by atoms with Crippen LogP contribution in [0.2, 0.25) is 0 Å². The zero-order valence-corrected chi connectivity index (χ0v) is 8.91. The van der Waals surface area contributed by atoms with E-state index in [1.165, 1.54) is 9.75 Å². The fraction of sp³-hybridized carbons (Fsp3) is 0.333. The number of halogens is 1. The molecule has 0 atom stereocenters. The fourth-order valence-electron chi connectivity index (χ4n) is 0.805. The summed E-state index contributed by atoms with van der Waals surface area (Å²) < 4.78 is 0. The normalized spacial score (nSPS) is 11.1. The van der Waals surface area contributed by atoms with Gasteiger partial charge in [0.25, 0.3) is 0 Å². The summed E-state index contributed by atoms with van der Waals surface area (Å²) in [5.41, 5.74) is 0. The molecule has 1 rings (SSSR count). The third-order valence-corrected chi connectivity index (χ3v) is 2.74. The molecular weight excluding hydrogens is 220 g/mol. The van der Waals surface area contributed by atoms with Crippen LogP contribution in [0.5, 0.6) is 0 Å². The summed E-state index contributed by atoms with van der Waals surface area (Å²) in [6.45, 7) is 2.13. The van der Waals surface area contributed by atoms with Crippen LogP contribution in [0.15, 0.2) is 18.2 Å². The van der Waals surface area contributed by atoms with Crippen LogP contribution in [0.3, 0.4) is 0 Å². The maximum atomic E-state index is 3.38. The average molecular weight is 231 g/mol. The Balaban J connectivity index is 2.50. The average Bonchev–Trinajstić information content (AvgIpc) is 2.37. The van der Waals surface area contributed by atoms with E-state index in [0.717, 1.165) is 11.8 Å². The van der Waals surface area contributed by atoms with Crippen molar-refractivity contribution in [2.45, 2.75) is 13.3 Å². The van der Waals surface area contributed by atoms with Gasteiger partial charge in [0.15, 0.2) is 0 Å². The van der Waals surface area contributed by atoms with Gasteiger partial charge >= 0.3 is 0 Å². The summed E-state index contributed by atoms with van der Waals surface area (Å²) in [5, 5.41) is 1.05. The number of hydrogen-bond acceptors (Lipinski definition) is 1. The Morgan fingerprint density at radius 2 is 2.36 bits per heavy atom. The van der Waals surface area contributed by atoms with Crippen molar-refractivity contribution in [1.82, 2.24) is 0 Å². The summed E-state index contributed by atoms with van der Waals surface area (Å²) >= 11 is 5.22. The Labute approximate surface area is 80.1 Å². The number of aryl methyl sites for hydroxylation is 1. The van der Waals surface area contributed by atoms with Gasteiger partial charge in [-0.2, -0.15) is 0 Å². The summed E-state index contributed by atoms with van der Waals surface area (Å²) in [5.74, 6) is 0. The Bertz CT molecular complexity index is 237. The van der Waals surface area contributed by atoms with Crippen molar-refractivity contribution in [3.05, 3.63) is 28.0 Å². The van der Waals surface area contributed by atoms with E-state index >= 15 is 0 Å². The molecule has 0 nitrogen and oxygen atoms in total. The van der Waals surface area contributed by atoms with Crippen LogP contribution in [0.25, 0.3) is 6.08 Å². The fourth-order valence-corrected chi connectivity index (χ4v) is 1.88. The highest BCUT2D eigenvalue weighted by Gasteiger charge is 1.89. The van der Waals surface area contributed by atoms with Gasteiger partial charge in [-0.1, -0.05) is 22.0 Å². The molecule has 0 saturated heterocycles. The van der Waals surface area contributed by atoms with Crippen LogP contribution in [-0.4, -0.2) is 5.33 Å². The van der Waals surface area contributed by atoms with Crippen LogP contribution in [0.4, 0.5) is 0 Å². The predicted molar refractivity (Wildman–Crippen MR) is 56.5 cm³/mol. The van der Waals surface area contributed by atoms with E-state index in [9.17, 15) is 0 Å². The van der Waals surface area contributed by atoms with Crippen molar-refractivity contribution < 1.29 is 0 Å². The first-order chi connectivity index (χ1) is 5.33. The monoisotopic (exact) mass is 230 g/mol. The highest BCUT2D eigenvalue weighted by Crippen LogP contribution is 2.16. The van der Waals surface area contributed by atoms with Gasteiger partial charge in [0.1, 0.15) is 0 Å². The second-order valence-corrected chi connectivity index (χ2v) is 4.44. The van der Waals surface area contributed by atoms with E-state index in [-0.39, 0.29) is 0 Å². The number of allylic oxidation sites excluding steroid dienone is 1. The molecule has 0 aromatic carbocycles. The van der Waals surface area contributed by atoms with Crippen LogP contribution < -0.4 is 0 Å². The maximum absolute atomic E-state index is 3.38. The second kappa shape index (κ2) is 4.73. The molecule has 60 valence electrons. The minimum absolute atomic E-state index is 1.05. The second-order valence-electron chi connectivity index (χ2n) is 2.33. The van der Waals surface area contributed by atoms with Gasteiger partial charge < -0.3 is 0 Å². The van der Waals surface area contributed by atoms with Crippen LogP contribution in [0, 0.1) is 6.92 Å². The molecule has 0 saturated carbocycles. The lowest BCUT2D eigenvalue weighted by atomic mass is 10.3. The number of alkyl halides is 1. The van der Waals surface area contributed by atoms with Gasteiger partial charge in [-0.25, -0.2) is 0 Å². The van der Waals surface area contributed by atoms with Gasteiger partial charge in [-0.3, -0.25) is 0 Å². The maximum Gasteiger partial charge on any atom is 0.0269 e. The lowest BCUT2D eigenvalue weighted by Gasteiger charge is -1.82. The van der Waals surface area contributed by atoms with Crippen molar-refractivity contribution in [3.63, 3.8) is 0 Å². The quantitative estimate of drug-likeness (QED) is 0.693. The molecule has 0 radical (unpaired) electrons. The third kappa shape index (κ3) is 3.21. The Morgan fingerprint density at radius 1 is 1.55 bits per heavy atom. The topological polar surface area (TPSA) is 0 Å². The Morgan fingerprint density at radius 3 is 2.91 bits per heavy atom. The van der Waals surface area contributed by atoms with Crippen molar-refractivity contribution in [3.8, 4) is 0 Å². The largest absolute Gasteiger partial charge is 0.141 e. The molecule has 0 bridgehead atoms. The third-order valence-electron chi connectivity index (χ3n) is 1.32. The van der Waals surface area contributed by atoms with Crippen LogP contribution in [-0.2, 0) is 0 Å². The number of thiophene rings is 1. The molecule has 0 unspecified atom stereocenters. The van der Waals surface area contributed by atoms with E-state index in [0.29, 0.717) is 0 Å².